The molecule has 0 aliphatic rings. The van der Waals surface area contributed by atoms with Gasteiger partial charge >= 0.3 is 5.69 Å². The highest BCUT2D eigenvalue weighted by Crippen LogP contribution is 2.32. The van der Waals surface area contributed by atoms with E-state index in [1.54, 1.807) is 6.07 Å². The summed E-state index contributed by atoms with van der Waals surface area (Å²) in [4.78, 5) is 21.5. The van der Waals surface area contributed by atoms with Crippen LogP contribution in [-0.2, 0) is 4.79 Å². The molecule has 0 unspecified atom stereocenters. The van der Waals surface area contributed by atoms with Gasteiger partial charge in [0.1, 0.15) is 11.1 Å². The minimum Gasteiger partial charge on any atom is -0.319 e. The van der Waals surface area contributed by atoms with Crippen molar-refractivity contribution in [3.63, 3.8) is 0 Å². The third kappa shape index (κ3) is 2.93. The Hall–Kier alpha value is -1.14. The Kier molecular flexibility index (Phi) is 4.26. The number of benzene rings is 1. The minimum absolute atomic E-state index is 0.122. The molecule has 0 aliphatic heterocycles. The van der Waals surface area contributed by atoms with Crippen LogP contribution in [0.2, 0.25) is 0 Å². The molecule has 0 saturated carbocycles. The Balaban J connectivity index is 3.09. The third-order valence-electron chi connectivity index (χ3n) is 1.79. The maximum absolute atomic E-state index is 11.3. The number of nitro benzene ring substituents is 1. The molecule has 0 aromatic heterocycles. The van der Waals surface area contributed by atoms with Crippen molar-refractivity contribution in [2.45, 2.75) is 12.3 Å². The number of carbonyl (C=O) groups is 1. The number of nitrogens with zero attached hydrogens (tertiary/aromatic N) is 1. The molecule has 1 N–H and O–H groups in total. The fraction of sp³-hybridized carbons (Fsp3) is 0.222. The molecule has 1 aromatic carbocycles. The Morgan fingerprint density at radius 2 is 2.25 bits per heavy atom. The fourth-order valence-corrected chi connectivity index (χ4v) is 1.60. The van der Waals surface area contributed by atoms with Gasteiger partial charge in [-0.1, -0.05) is 6.07 Å². The SMILES string of the molecule is C[C@H](Cl)C(=O)Nc1cccc(Br)c1[N+](=O)[O-]. The summed E-state index contributed by atoms with van der Waals surface area (Å²) in [7, 11) is 0. The Morgan fingerprint density at radius 1 is 1.62 bits per heavy atom. The quantitative estimate of drug-likeness (QED) is 0.530. The van der Waals surface area contributed by atoms with Gasteiger partial charge in [0.25, 0.3) is 0 Å². The second-order valence-corrected chi connectivity index (χ2v) is 4.51. The summed E-state index contributed by atoms with van der Waals surface area (Å²) in [6, 6.07) is 4.56. The number of halogens is 2. The molecule has 1 amide bonds. The lowest BCUT2D eigenvalue weighted by Crippen LogP contribution is -2.20. The molecule has 1 rings (SSSR count). The summed E-state index contributed by atoms with van der Waals surface area (Å²) in [6.07, 6.45) is 0. The molecule has 5 nitrogen and oxygen atoms in total. The molecule has 1 atom stereocenters. The third-order valence-corrected chi connectivity index (χ3v) is 2.63. The summed E-state index contributed by atoms with van der Waals surface area (Å²) in [5.41, 5.74) is -0.0648. The van der Waals surface area contributed by atoms with Gasteiger partial charge in [-0.2, -0.15) is 0 Å². The van der Waals surface area contributed by atoms with Crippen LogP contribution >= 0.6 is 27.5 Å². The number of para-hydroxylation sites is 1. The average Bonchev–Trinajstić information content (AvgIpc) is 2.16. The van der Waals surface area contributed by atoms with E-state index >= 15 is 0 Å². The molecule has 0 radical (unpaired) electrons. The lowest BCUT2D eigenvalue weighted by molar-refractivity contribution is -0.384. The lowest BCUT2D eigenvalue weighted by atomic mass is 10.2. The van der Waals surface area contributed by atoms with Gasteiger partial charge in [0.05, 0.1) is 9.40 Å². The van der Waals surface area contributed by atoms with E-state index in [4.69, 9.17) is 11.6 Å². The maximum Gasteiger partial charge on any atom is 0.306 e. The van der Waals surface area contributed by atoms with Crippen LogP contribution in [0.25, 0.3) is 0 Å². The average molecular weight is 308 g/mol. The highest BCUT2D eigenvalue weighted by Gasteiger charge is 2.20. The van der Waals surface area contributed by atoms with Crippen molar-refractivity contribution in [2.24, 2.45) is 0 Å². The molecule has 0 bridgehead atoms. The second kappa shape index (κ2) is 5.27. The van der Waals surface area contributed by atoms with Crippen LogP contribution in [0.4, 0.5) is 11.4 Å². The first-order valence-corrected chi connectivity index (χ1v) is 5.54. The van der Waals surface area contributed by atoms with Crippen molar-refractivity contribution in [3.8, 4) is 0 Å². The molecule has 86 valence electrons. The molecule has 1 aromatic rings. The van der Waals surface area contributed by atoms with Gasteiger partial charge in [0.15, 0.2) is 0 Å². The molecule has 0 fully saturated rings. The van der Waals surface area contributed by atoms with Gasteiger partial charge in [-0.25, -0.2) is 0 Å². The zero-order chi connectivity index (χ0) is 12.3. The van der Waals surface area contributed by atoms with Gasteiger partial charge in [-0.15, -0.1) is 11.6 Å². The Labute approximate surface area is 105 Å². The number of amides is 1. The first kappa shape index (κ1) is 12.9. The van der Waals surface area contributed by atoms with Gasteiger partial charge in [-0.3, -0.25) is 14.9 Å². The second-order valence-electron chi connectivity index (χ2n) is 3.00. The Bertz CT molecular complexity index is 437. The topological polar surface area (TPSA) is 72.2 Å². The van der Waals surface area contributed by atoms with Crippen LogP contribution in [0.3, 0.4) is 0 Å². The monoisotopic (exact) mass is 306 g/mol. The molecule has 0 spiro atoms. The Morgan fingerprint density at radius 3 is 2.75 bits per heavy atom. The van der Waals surface area contributed by atoms with Crippen LogP contribution in [0.15, 0.2) is 22.7 Å². The van der Waals surface area contributed by atoms with Crippen LogP contribution < -0.4 is 5.32 Å². The highest BCUT2D eigenvalue weighted by molar-refractivity contribution is 9.10. The van der Waals surface area contributed by atoms with Crippen molar-refractivity contribution < 1.29 is 9.72 Å². The molecular formula is C9H8BrClN2O3. The van der Waals surface area contributed by atoms with Crippen molar-refractivity contribution in [1.29, 1.82) is 0 Å². The van der Waals surface area contributed by atoms with Gasteiger partial charge in [0.2, 0.25) is 5.91 Å². The molecule has 0 saturated heterocycles. The zero-order valence-corrected chi connectivity index (χ0v) is 10.6. The van der Waals surface area contributed by atoms with Crippen molar-refractivity contribution in [3.05, 3.63) is 32.8 Å². The highest BCUT2D eigenvalue weighted by atomic mass is 79.9. The number of nitro groups is 1. The van der Waals surface area contributed by atoms with E-state index < -0.39 is 16.2 Å². The molecule has 0 aliphatic carbocycles. The maximum atomic E-state index is 11.3. The number of carbonyl (C=O) groups excluding carboxylic acids is 1. The zero-order valence-electron chi connectivity index (χ0n) is 8.24. The predicted molar refractivity (Wildman–Crippen MR) is 64.7 cm³/mol. The van der Waals surface area contributed by atoms with Crippen molar-refractivity contribution in [1.82, 2.24) is 0 Å². The number of anilines is 1. The van der Waals surface area contributed by atoms with E-state index in [-0.39, 0.29) is 11.4 Å². The molecule has 0 heterocycles. The molecule has 7 heteroatoms. The first-order chi connectivity index (χ1) is 7.43. The van der Waals surface area contributed by atoms with E-state index in [0.717, 1.165) is 0 Å². The number of nitrogens with one attached hydrogen (secondary N) is 1. The van der Waals surface area contributed by atoms with Gasteiger partial charge in [0, 0.05) is 0 Å². The van der Waals surface area contributed by atoms with Crippen LogP contribution in [0, 0.1) is 10.1 Å². The smallest absolute Gasteiger partial charge is 0.306 e. The lowest BCUT2D eigenvalue weighted by Gasteiger charge is -2.07. The minimum atomic E-state index is -0.751. The number of alkyl halides is 1. The van der Waals surface area contributed by atoms with Crippen LogP contribution in [0.1, 0.15) is 6.92 Å². The predicted octanol–water partition coefficient (Wildman–Crippen LogP) is 2.92. The van der Waals surface area contributed by atoms with Crippen LogP contribution in [0.5, 0.6) is 0 Å². The van der Waals surface area contributed by atoms with Gasteiger partial charge < -0.3 is 5.32 Å². The number of hydrogen-bond acceptors (Lipinski definition) is 3. The van der Waals surface area contributed by atoms with E-state index in [1.165, 1.54) is 19.1 Å². The van der Waals surface area contributed by atoms with E-state index in [2.05, 4.69) is 21.2 Å². The first-order valence-electron chi connectivity index (χ1n) is 4.31. The normalized spacial score (nSPS) is 11.9. The van der Waals surface area contributed by atoms with Crippen LogP contribution in [-0.4, -0.2) is 16.2 Å². The summed E-state index contributed by atoms with van der Waals surface area (Å²) < 4.78 is 0.303. The summed E-state index contributed by atoms with van der Waals surface area (Å²) >= 11 is 8.60. The van der Waals surface area contributed by atoms with E-state index in [9.17, 15) is 14.9 Å². The van der Waals surface area contributed by atoms with Gasteiger partial charge in [-0.05, 0) is 35.0 Å². The molecular weight excluding hydrogens is 299 g/mol. The summed E-state index contributed by atoms with van der Waals surface area (Å²) in [5, 5.41) is 12.4. The fourth-order valence-electron chi connectivity index (χ4n) is 1.03. The summed E-state index contributed by atoms with van der Waals surface area (Å²) in [6.45, 7) is 1.49. The van der Waals surface area contributed by atoms with Crippen molar-refractivity contribution in [2.75, 3.05) is 5.32 Å². The number of hydrogen-bond donors (Lipinski definition) is 1. The standard InChI is InChI=1S/C9H8BrClN2O3/c1-5(11)9(14)12-7-4-2-3-6(10)8(7)13(15)16/h2-5H,1H3,(H,12,14)/t5-/m0/s1. The van der Waals surface area contributed by atoms with Crippen molar-refractivity contribution >= 4 is 44.8 Å². The molecule has 16 heavy (non-hydrogen) atoms. The largest absolute Gasteiger partial charge is 0.319 e. The summed E-state index contributed by atoms with van der Waals surface area (Å²) in [5.74, 6) is -0.483. The van der Waals surface area contributed by atoms with E-state index in [0.29, 0.717) is 4.47 Å². The number of rotatable bonds is 3. The van der Waals surface area contributed by atoms with E-state index in [1.807, 2.05) is 0 Å².